The Morgan fingerprint density at radius 1 is 1.38 bits per heavy atom. The van der Waals surface area contributed by atoms with Crippen molar-refractivity contribution in [3.05, 3.63) is 16.3 Å². The normalized spacial score (nSPS) is 13.1. The molecule has 0 aromatic carbocycles. The molecule has 0 bridgehead atoms. The Labute approximate surface area is 103 Å². The van der Waals surface area contributed by atoms with Crippen molar-refractivity contribution in [3.8, 4) is 5.75 Å². The van der Waals surface area contributed by atoms with E-state index in [-0.39, 0.29) is 0 Å². The van der Waals surface area contributed by atoms with Gasteiger partial charge in [-0.15, -0.1) is 11.3 Å². The second-order valence-corrected chi connectivity index (χ2v) is 5.50. The molecule has 2 nitrogen and oxygen atoms in total. The fraction of sp³-hybridized carbons (Fsp3) is 0.692. The summed E-state index contributed by atoms with van der Waals surface area (Å²) < 4.78 is 5.21. The Balaban J connectivity index is 2.46. The number of rotatable bonds is 7. The monoisotopic (exact) mass is 241 g/mol. The third-order valence-corrected chi connectivity index (χ3v) is 3.82. The van der Waals surface area contributed by atoms with Gasteiger partial charge >= 0.3 is 0 Å². The smallest absolute Gasteiger partial charge is 0.129 e. The van der Waals surface area contributed by atoms with Crippen LogP contribution in [0.1, 0.15) is 44.0 Å². The molecule has 1 atom stereocenters. The quantitative estimate of drug-likeness (QED) is 0.783. The number of ether oxygens (including phenoxy) is 1. The molecule has 1 aromatic heterocycles. The molecule has 0 aliphatic rings. The van der Waals surface area contributed by atoms with Crippen molar-refractivity contribution in [2.75, 3.05) is 14.2 Å². The largest absolute Gasteiger partial charge is 0.496 e. The molecular formula is C13H23NOS. The van der Waals surface area contributed by atoms with Gasteiger partial charge in [0.05, 0.1) is 7.11 Å². The summed E-state index contributed by atoms with van der Waals surface area (Å²) in [5.74, 6) is 1.78. The zero-order valence-electron chi connectivity index (χ0n) is 10.7. The van der Waals surface area contributed by atoms with E-state index >= 15 is 0 Å². The van der Waals surface area contributed by atoms with Gasteiger partial charge in [0, 0.05) is 16.3 Å². The van der Waals surface area contributed by atoms with Crippen LogP contribution in [0.15, 0.2) is 11.4 Å². The minimum Gasteiger partial charge on any atom is -0.496 e. The maximum atomic E-state index is 5.21. The van der Waals surface area contributed by atoms with Crippen molar-refractivity contribution >= 4 is 11.3 Å². The van der Waals surface area contributed by atoms with Crippen LogP contribution in [0.25, 0.3) is 0 Å². The first-order valence-electron chi connectivity index (χ1n) is 5.97. The second kappa shape index (κ2) is 6.92. The average Bonchev–Trinajstić information content (AvgIpc) is 2.72. The molecule has 0 amide bonds. The number of hydrogen-bond donors (Lipinski definition) is 1. The van der Waals surface area contributed by atoms with Crippen molar-refractivity contribution in [1.82, 2.24) is 5.32 Å². The summed E-state index contributed by atoms with van der Waals surface area (Å²) in [5, 5.41) is 5.46. The number of thiophene rings is 1. The van der Waals surface area contributed by atoms with Crippen LogP contribution in [0.5, 0.6) is 5.75 Å². The van der Waals surface area contributed by atoms with Gasteiger partial charge < -0.3 is 10.1 Å². The second-order valence-electron chi connectivity index (χ2n) is 4.55. The first kappa shape index (κ1) is 13.5. The van der Waals surface area contributed by atoms with Gasteiger partial charge in [0.1, 0.15) is 5.75 Å². The molecule has 16 heavy (non-hydrogen) atoms. The molecule has 92 valence electrons. The van der Waals surface area contributed by atoms with E-state index < -0.39 is 0 Å². The van der Waals surface area contributed by atoms with Crippen molar-refractivity contribution in [1.29, 1.82) is 0 Å². The molecule has 0 aliphatic heterocycles. The highest BCUT2D eigenvalue weighted by Crippen LogP contribution is 2.29. The van der Waals surface area contributed by atoms with Crippen LogP contribution in [0.3, 0.4) is 0 Å². The van der Waals surface area contributed by atoms with Crippen molar-refractivity contribution in [2.45, 2.75) is 39.2 Å². The lowest BCUT2D eigenvalue weighted by molar-refractivity contribution is 0.415. The molecule has 0 aliphatic carbocycles. The molecule has 1 aromatic rings. The summed E-state index contributed by atoms with van der Waals surface area (Å²) in [6.45, 7) is 4.56. The Kier molecular flexibility index (Phi) is 5.85. The van der Waals surface area contributed by atoms with E-state index in [9.17, 15) is 0 Å². The Morgan fingerprint density at radius 2 is 2.12 bits per heavy atom. The van der Waals surface area contributed by atoms with Gasteiger partial charge in [-0.1, -0.05) is 26.7 Å². The van der Waals surface area contributed by atoms with Gasteiger partial charge in [-0.3, -0.25) is 0 Å². The van der Waals surface area contributed by atoms with Crippen LogP contribution in [0, 0.1) is 5.92 Å². The van der Waals surface area contributed by atoms with E-state index in [1.165, 1.54) is 24.1 Å². The first-order chi connectivity index (χ1) is 7.67. The highest BCUT2D eigenvalue weighted by Gasteiger charge is 2.12. The molecule has 1 unspecified atom stereocenters. The number of nitrogens with one attached hydrogen (secondary N) is 1. The maximum absolute atomic E-state index is 5.21. The lowest BCUT2D eigenvalue weighted by Gasteiger charge is -2.14. The molecule has 3 heteroatoms. The average molecular weight is 241 g/mol. The van der Waals surface area contributed by atoms with E-state index in [4.69, 9.17) is 4.74 Å². The maximum Gasteiger partial charge on any atom is 0.129 e. The highest BCUT2D eigenvalue weighted by atomic mass is 32.1. The van der Waals surface area contributed by atoms with E-state index in [0.717, 1.165) is 11.7 Å². The topological polar surface area (TPSA) is 21.3 Å². The van der Waals surface area contributed by atoms with Crippen molar-refractivity contribution < 1.29 is 4.74 Å². The van der Waals surface area contributed by atoms with E-state index in [1.54, 1.807) is 18.4 Å². The Hall–Kier alpha value is -0.540. The van der Waals surface area contributed by atoms with Crippen molar-refractivity contribution in [3.63, 3.8) is 0 Å². The van der Waals surface area contributed by atoms with Crippen LogP contribution in [-0.2, 0) is 0 Å². The lowest BCUT2D eigenvalue weighted by Crippen LogP contribution is -2.15. The van der Waals surface area contributed by atoms with Gasteiger partial charge in [-0.2, -0.15) is 0 Å². The third-order valence-electron chi connectivity index (χ3n) is 2.80. The van der Waals surface area contributed by atoms with Crippen LogP contribution in [-0.4, -0.2) is 14.2 Å². The summed E-state index contributed by atoms with van der Waals surface area (Å²) >= 11 is 1.78. The predicted molar refractivity (Wildman–Crippen MR) is 71.4 cm³/mol. The molecule has 0 saturated carbocycles. The summed E-state index contributed by atoms with van der Waals surface area (Å²) in [6, 6.07) is 2.62. The van der Waals surface area contributed by atoms with Gasteiger partial charge in [-0.25, -0.2) is 0 Å². The molecule has 0 radical (unpaired) electrons. The minimum atomic E-state index is 0.479. The van der Waals surface area contributed by atoms with E-state index in [1.807, 2.05) is 7.05 Å². The molecule has 0 spiro atoms. The zero-order valence-corrected chi connectivity index (χ0v) is 11.6. The third kappa shape index (κ3) is 4.14. The van der Waals surface area contributed by atoms with Gasteiger partial charge in [-0.05, 0) is 25.5 Å². The molecule has 0 saturated heterocycles. The van der Waals surface area contributed by atoms with E-state index in [2.05, 4.69) is 30.6 Å². The zero-order chi connectivity index (χ0) is 12.0. The molecule has 1 heterocycles. The van der Waals surface area contributed by atoms with Gasteiger partial charge in [0.2, 0.25) is 0 Å². The summed E-state index contributed by atoms with van der Waals surface area (Å²) in [6.07, 6.45) is 3.79. The Morgan fingerprint density at radius 3 is 2.62 bits per heavy atom. The molecular weight excluding hydrogens is 218 g/mol. The molecule has 1 rings (SSSR count). The fourth-order valence-electron chi connectivity index (χ4n) is 1.78. The lowest BCUT2D eigenvalue weighted by atomic mass is 10.0. The van der Waals surface area contributed by atoms with Crippen molar-refractivity contribution in [2.24, 2.45) is 5.92 Å². The standard InChI is InChI=1S/C13H23NOS/c1-10(2)6-5-7-12(14-3)13-8-11(15-4)9-16-13/h8-10,12,14H,5-7H2,1-4H3. The van der Waals surface area contributed by atoms with E-state index in [0.29, 0.717) is 6.04 Å². The SMILES string of the molecule is CNC(CCCC(C)C)c1cc(OC)cs1. The van der Waals surface area contributed by atoms with Crippen LogP contribution < -0.4 is 10.1 Å². The van der Waals surface area contributed by atoms with Gasteiger partial charge in [0.15, 0.2) is 0 Å². The fourth-order valence-corrected chi connectivity index (χ4v) is 2.78. The van der Waals surface area contributed by atoms with Gasteiger partial charge in [0.25, 0.3) is 0 Å². The summed E-state index contributed by atoms with van der Waals surface area (Å²) in [7, 11) is 3.76. The predicted octanol–water partition coefficient (Wildman–Crippen LogP) is 3.84. The number of hydrogen-bond acceptors (Lipinski definition) is 3. The summed E-state index contributed by atoms with van der Waals surface area (Å²) in [5.41, 5.74) is 0. The van der Waals surface area contributed by atoms with Crippen LogP contribution in [0.2, 0.25) is 0 Å². The molecule has 0 fully saturated rings. The molecule has 1 N–H and O–H groups in total. The van der Waals surface area contributed by atoms with Crippen LogP contribution in [0.4, 0.5) is 0 Å². The highest BCUT2D eigenvalue weighted by molar-refractivity contribution is 7.10. The Bertz CT molecular complexity index is 296. The van der Waals surface area contributed by atoms with Crippen LogP contribution >= 0.6 is 11.3 Å². The first-order valence-corrected chi connectivity index (χ1v) is 6.85. The number of methoxy groups -OCH3 is 1. The minimum absolute atomic E-state index is 0.479. The summed E-state index contributed by atoms with van der Waals surface area (Å²) in [4.78, 5) is 1.38.